The van der Waals surface area contributed by atoms with E-state index in [9.17, 15) is 19.8 Å². The van der Waals surface area contributed by atoms with Crippen LogP contribution in [-0.2, 0) is 14.3 Å². The van der Waals surface area contributed by atoms with E-state index in [0.717, 1.165) is 56.9 Å². The predicted molar refractivity (Wildman–Crippen MR) is 175 cm³/mol. The van der Waals surface area contributed by atoms with E-state index in [-0.39, 0.29) is 51.4 Å². The van der Waals surface area contributed by atoms with Crippen molar-refractivity contribution in [2.45, 2.75) is 138 Å². The van der Waals surface area contributed by atoms with Crippen LogP contribution in [0.5, 0.6) is 0 Å². The number of aliphatic hydroxyl groups is 1. The van der Waals surface area contributed by atoms with Crippen LogP contribution in [-0.4, -0.2) is 47.4 Å². The Hall–Kier alpha value is -1.40. The molecule has 0 saturated heterocycles. The summed E-state index contributed by atoms with van der Waals surface area (Å²) in [5, 5.41) is 24.2. The number of rotatable bonds is 9. The molecule has 0 aliphatic heterocycles. The number of hydrogen-bond donors (Lipinski definition) is 3. The molecule has 5 fully saturated rings. The highest BCUT2D eigenvalue weighted by atomic mass is 16.5. The molecular formula is C38H63NO5. The highest BCUT2D eigenvalue weighted by Crippen LogP contribution is 2.77. The maximum absolute atomic E-state index is 14.5. The van der Waals surface area contributed by atoms with Crippen LogP contribution in [0.2, 0.25) is 0 Å². The zero-order chi connectivity index (χ0) is 32.5. The van der Waals surface area contributed by atoms with Gasteiger partial charge in [-0.25, -0.2) is 4.79 Å². The molecule has 0 heterocycles. The molecule has 5 rings (SSSR count). The number of amides is 1. The van der Waals surface area contributed by atoms with Gasteiger partial charge in [-0.3, -0.25) is 4.79 Å². The van der Waals surface area contributed by atoms with E-state index in [1.54, 1.807) is 0 Å². The number of ether oxygens (including phenoxy) is 1. The molecule has 3 N–H and O–H groups in total. The molecule has 5 aliphatic carbocycles. The third-order valence-electron chi connectivity index (χ3n) is 15.2. The van der Waals surface area contributed by atoms with E-state index in [2.05, 4.69) is 46.5 Å². The lowest BCUT2D eigenvalue weighted by molar-refractivity contribution is -0.246. The molecule has 0 aromatic heterocycles. The minimum atomic E-state index is -0.936. The number of carboxylic acid groups (broad SMARTS) is 1. The van der Waals surface area contributed by atoms with Gasteiger partial charge in [-0.1, -0.05) is 55.0 Å². The average Bonchev–Trinajstić information content (AvgIpc) is 3.35. The molecule has 5 saturated carbocycles. The summed E-state index contributed by atoms with van der Waals surface area (Å²) in [5.74, 6) is 1.06. The van der Waals surface area contributed by atoms with Crippen molar-refractivity contribution in [2.75, 3.05) is 13.2 Å². The Bertz CT molecular complexity index is 1130. The number of hydrogen-bond acceptors (Lipinski definition) is 4. The van der Waals surface area contributed by atoms with Gasteiger partial charge in [-0.2, -0.15) is 0 Å². The molecule has 0 aromatic rings. The summed E-state index contributed by atoms with van der Waals surface area (Å²) in [7, 11) is 0. The number of carboxylic acids is 1. The number of aliphatic hydroxyl groups excluding tert-OH is 1. The van der Waals surface area contributed by atoms with Crippen molar-refractivity contribution in [2.24, 2.45) is 62.6 Å². The molecular weight excluding hydrogens is 550 g/mol. The maximum Gasteiger partial charge on any atom is 0.326 e. The topological polar surface area (TPSA) is 95.9 Å². The quantitative estimate of drug-likeness (QED) is 0.232. The van der Waals surface area contributed by atoms with Crippen LogP contribution in [0, 0.1) is 62.6 Å². The van der Waals surface area contributed by atoms with E-state index in [0.29, 0.717) is 37.4 Å². The molecule has 44 heavy (non-hydrogen) atoms. The third-order valence-corrected chi connectivity index (χ3v) is 15.2. The molecule has 0 aromatic carbocycles. The van der Waals surface area contributed by atoms with Crippen LogP contribution >= 0.6 is 0 Å². The first kappa shape index (κ1) is 33.9. The zero-order valence-electron chi connectivity index (χ0n) is 29.1. The first-order valence-corrected chi connectivity index (χ1v) is 18.0. The first-order chi connectivity index (χ1) is 20.5. The van der Waals surface area contributed by atoms with Gasteiger partial charge in [0.2, 0.25) is 5.91 Å². The molecule has 250 valence electrons. The second kappa shape index (κ2) is 11.7. The van der Waals surface area contributed by atoms with Crippen molar-refractivity contribution in [1.82, 2.24) is 5.32 Å². The van der Waals surface area contributed by atoms with Gasteiger partial charge in [-0.05, 0) is 140 Å². The Morgan fingerprint density at radius 1 is 0.909 bits per heavy atom. The second-order valence-electron chi connectivity index (χ2n) is 17.7. The molecule has 11 atom stereocenters. The van der Waals surface area contributed by atoms with E-state index >= 15 is 0 Å². The smallest absolute Gasteiger partial charge is 0.326 e. The highest BCUT2D eigenvalue weighted by Gasteiger charge is 2.72. The number of carbonyl (C=O) groups is 2. The largest absolute Gasteiger partial charge is 0.480 e. The van der Waals surface area contributed by atoms with Gasteiger partial charge in [0.15, 0.2) is 0 Å². The van der Waals surface area contributed by atoms with Gasteiger partial charge in [0.05, 0.1) is 18.1 Å². The number of fused-ring (bicyclic) bond motifs is 7. The van der Waals surface area contributed by atoms with Gasteiger partial charge in [0, 0.05) is 6.61 Å². The monoisotopic (exact) mass is 613 g/mol. The van der Waals surface area contributed by atoms with Crippen LogP contribution in [0.4, 0.5) is 0 Å². The molecule has 0 spiro atoms. The van der Waals surface area contributed by atoms with Crippen molar-refractivity contribution < 1.29 is 24.5 Å². The van der Waals surface area contributed by atoms with Crippen LogP contribution in [0.1, 0.15) is 126 Å². The summed E-state index contributed by atoms with van der Waals surface area (Å²) in [4.78, 5) is 26.8. The van der Waals surface area contributed by atoms with Gasteiger partial charge in [0.25, 0.3) is 0 Å². The third kappa shape index (κ3) is 4.93. The molecule has 6 nitrogen and oxygen atoms in total. The van der Waals surface area contributed by atoms with Crippen LogP contribution in [0.15, 0.2) is 12.2 Å². The van der Waals surface area contributed by atoms with Gasteiger partial charge in [0.1, 0.15) is 6.04 Å². The Morgan fingerprint density at radius 2 is 1.61 bits per heavy atom. The fourth-order valence-electron chi connectivity index (χ4n) is 12.8. The zero-order valence-corrected chi connectivity index (χ0v) is 29.1. The lowest BCUT2D eigenvalue weighted by Crippen LogP contribution is -2.67. The molecule has 1 amide bonds. The molecule has 6 heteroatoms. The first-order valence-electron chi connectivity index (χ1n) is 18.0. The maximum atomic E-state index is 14.5. The SMILES string of the molecule is C=C(COCC)[C@@H]1CC[C@]2(C(=O)N[C@@H](CC(C)C)C(=O)O)CC[C@]3(C)[C@H](CCC4[C@@]5(C)CC[C@H](O)C(C)(C)[C@@H]5CC[C@]43C)[C@@H]12. The summed E-state index contributed by atoms with van der Waals surface area (Å²) in [6, 6.07) is -0.856. The molecule has 5 aliphatic rings. The van der Waals surface area contributed by atoms with Crippen molar-refractivity contribution in [3.63, 3.8) is 0 Å². The Morgan fingerprint density at radius 3 is 2.25 bits per heavy atom. The minimum Gasteiger partial charge on any atom is -0.480 e. The lowest BCUT2D eigenvalue weighted by Gasteiger charge is -2.72. The average molecular weight is 614 g/mol. The fraction of sp³-hybridized carbons (Fsp3) is 0.895. The Labute approximate surface area is 267 Å². The fourth-order valence-corrected chi connectivity index (χ4v) is 12.8. The standard InChI is InChI=1S/C38H63NO5/c1-10-44-22-24(4)25-13-18-38(33(43)39-27(32(41)42)21-23(2)3)20-19-36(8)26(31(25)38)11-12-29-35(7)16-15-30(40)34(5,6)28(35)14-17-37(29,36)9/h23,25-31,40H,4,10-22H2,1-3,5-9H3,(H,39,43)(H,41,42)/t25-,26+,27-,28-,29?,30-,31+,35-,36+,37+,38-/m0/s1. The number of carbonyl (C=O) groups excluding carboxylic acids is 1. The predicted octanol–water partition coefficient (Wildman–Crippen LogP) is 7.64. The van der Waals surface area contributed by atoms with E-state index in [1.807, 2.05) is 20.8 Å². The second-order valence-corrected chi connectivity index (χ2v) is 17.7. The molecule has 0 bridgehead atoms. The van der Waals surface area contributed by atoms with Gasteiger partial charge >= 0.3 is 5.97 Å². The normalized spacial score (nSPS) is 45.0. The Balaban J connectivity index is 1.52. The number of aliphatic carboxylic acids is 1. The van der Waals surface area contributed by atoms with Crippen molar-refractivity contribution >= 4 is 11.9 Å². The van der Waals surface area contributed by atoms with Gasteiger partial charge < -0.3 is 20.3 Å². The van der Waals surface area contributed by atoms with Gasteiger partial charge in [-0.15, -0.1) is 0 Å². The van der Waals surface area contributed by atoms with Crippen LogP contribution in [0.25, 0.3) is 0 Å². The summed E-state index contributed by atoms with van der Waals surface area (Å²) in [6.45, 7) is 24.1. The van der Waals surface area contributed by atoms with E-state index in [4.69, 9.17) is 4.74 Å². The minimum absolute atomic E-state index is 0.0322. The van der Waals surface area contributed by atoms with Crippen LogP contribution in [0.3, 0.4) is 0 Å². The Kier molecular flexibility index (Phi) is 9.02. The summed E-state index contributed by atoms with van der Waals surface area (Å²) in [6.07, 6.45) is 10.3. The van der Waals surface area contributed by atoms with Crippen molar-refractivity contribution in [3.05, 3.63) is 12.2 Å². The summed E-state index contributed by atoms with van der Waals surface area (Å²) >= 11 is 0. The molecule has 0 radical (unpaired) electrons. The summed E-state index contributed by atoms with van der Waals surface area (Å²) < 4.78 is 5.89. The molecule has 1 unspecified atom stereocenters. The summed E-state index contributed by atoms with van der Waals surface area (Å²) in [5.41, 5.74) is 0.911. The van der Waals surface area contributed by atoms with E-state index in [1.165, 1.54) is 12.8 Å². The number of nitrogens with one attached hydrogen (secondary N) is 1. The van der Waals surface area contributed by atoms with Crippen molar-refractivity contribution in [1.29, 1.82) is 0 Å². The van der Waals surface area contributed by atoms with Crippen LogP contribution < -0.4 is 5.32 Å². The highest BCUT2D eigenvalue weighted by molar-refractivity contribution is 5.88. The van der Waals surface area contributed by atoms with Crippen molar-refractivity contribution in [3.8, 4) is 0 Å². The lowest BCUT2D eigenvalue weighted by atomic mass is 9.32. The van der Waals surface area contributed by atoms with E-state index < -0.39 is 17.4 Å².